The van der Waals surface area contributed by atoms with Crippen molar-refractivity contribution in [2.24, 2.45) is 0 Å². The van der Waals surface area contributed by atoms with Crippen molar-refractivity contribution in [3.8, 4) is 11.1 Å². The lowest BCUT2D eigenvalue weighted by Crippen LogP contribution is -2.07. The maximum absolute atomic E-state index is 13.0. The summed E-state index contributed by atoms with van der Waals surface area (Å²) in [6.07, 6.45) is 0.602. The van der Waals surface area contributed by atoms with Crippen molar-refractivity contribution in [3.05, 3.63) is 83.2 Å². The molecule has 0 unspecified atom stereocenters. The van der Waals surface area contributed by atoms with E-state index in [2.05, 4.69) is 10.3 Å². The number of amides is 1. The van der Waals surface area contributed by atoms with E-state index in [1.54, 1.807) is 36.5 Å². The van der Waals surface area contributed by atoms with Crippen molar-refractivity contribution in [2.75, 3.05) is 5.32 Å². The Kier molecular flexibility index (Phi) is 3.82. The number of rotatable bonds is 2. The summed E-state index contributed by atoms with van der Waals surface area (Å²) in [5, 5.41) is 12.8. The van der Waals surface area contributed by atoms with Crippen molar-refractivity contribution < 1.29 is 9.90 Å². The van der Waals surface area contributed by atoms with E-state index < -0.39 is 6.09 Å². The van der Waals surface area contributed by atoms with Crippen LogP contribution in [0.25, 0.3) is 32.8 Å². The highest BCUT2D eigenvalue weighted by Gasteiger charge is 2.07. The van der Waals surface area contributed by atoms with Crippen LogP contribution in [0.15, 0.2) is 77.7 Å². The number of carboxylic acid groups (broad SMARTS) is 1. The molecule has 0 aliphatic rings. The van der Waals surface area contributed by atoms with E-state index in [-0.39, 0.29) is 5.43 Å². The Hall–Kier alpha value is -3.73. The minimum atomic E-state index is -1.15. The predicted octanol–water partition coefficient (Wildman–Crippen LogP) is 4.51. The average molecular weight is 342 g/mol. The number of nitrogens with one attached hydrogen (secondary N) is 1. The third-order valence-electron chi connectivity index (χ3n) is 4.24. The molecular formula is C21H14N2O3. The maximum Gasteiger partial charge on any atom is 0.409 e. The van der Waals surface area contributed by atoms with Gasteiger partial charge < -0.3 is 5.11 Å². The Morgan fingerprint density at radius 3 is 2.46 bits per heavy atom. The molecule has 0 aliphatic heterocycles. The molecule has 0 fully saturated rings. The fourth-order valence-corrected chi connectivity index (χ4v) is 3.00. The van der Waals surface area contributed by atoms with Gasteiger partial charge in [0, 0.05) is 28.2 Å². The lowest BCUT2D eigenvalue weighted by molar-refractivity contribution is 0.210. The molecule has 0 saturated carbocycles. The monoisotopic (exact) mass is 342 g/mol. The summed E-state index contributed by atoms with van der Waals surface area (Å²) in [6.45, 7) is 0. The number of benzene rings is 2. The molecule has 0 aliphatic carbocycles. The van der Waals surface area contributed by atoms with E-state index in [1.165, 1.54) is 0 Å². The summed E-state index contributed by atoms with van der Waals surface area (Å²) >= 11 is 0. The van der Waals surface area contributed by atoms with E-state index in [9.17, 15) is 9.59 Å². The van der Waals surface area contributed by atoms with E-state index in [0.29, 0.717) is 27.4 Å². The van der Waals surface area contributed by atoms with Crippen molar-refractivity contribution in [3.63, 3.8) is 0 Å². The molecule has 0 saturated heterocycles. The van der Waals surface area contributed by atoms with Crippen LogP contribution in [0, 0.1) is 0 Å². The Morgan fingerprint density at radius 1 is 0.885 bits per heavy atom. The number of pyridine rings is 1. The van der Waals surface area contributed by atoms with E-state index in [4.69, 9.17) is 5.11 Å². The minimum absolute atomic E-state index is 0.132. The molecule has 26 heavy (non-hydrogen) atoms. The molecule has 4 rings (SSSR count). The summed E-state index contributed by atoms with van der Waals surface area (Å²) in [6, 6.07) is 20.0. The fraction of sp³-hybridized carbons (Fsp3) is 0. The van der Waals surface area contributed by atoms with Crippen LogP contribution in [0.3, 0.4) is 0 Å². The Morgan fingerprint density at radius 2 is 1.69 bits per heavy atom. The van der Waals surface area contributed by atoms with Crippen LogP contribution < -0.4 is 10.7 Å². The van der Waals surface area contributed by atoms with Crippen molar-refractivity contribution in [1.82, 2.24) is 4.98 Å². The molecule has 1 heterocycles. The third kappa shape index (κ3) is 2.86. The first kappa shape index (κ1) is 15.8. The van der Waals surface area contributed by atoms with Gasteiger partial charge in [-0.3, -0.25) is 15.1 Å². The second-order valence-electron chi connectivity index (χ2n) is 5.92. The zero-order valence-electron chi connectivity index (χ0n) is 13.6. The number of anilines is 1. The maximum atomic E-state index is 13.0. The minimum Gasteiger partial charge on any atom is -0.465 e. The highest BCUT2D eigenvalue weighted by molar-refractivity contribution is 5.95. The molecule has 5 nitrogen and oxygen atoms in total. The predicted molar refractivity (Wildman–Crippen MR) is 103 cm³/mol. The third-order valence-corrected chi connectivity index (χ3v) is 4.24. The molecule has 3 aromatic carbocycles. The highest BCUT2D eigenvalue weighted by Crippen LogP contribution is 2.23. The van der Waals surface area contributed by atoms with Crippen molar-refractivity contribution in [1.29, 1.82) is 0 Å². The largest absolute Gasteiger partial charge is 0.465 e. The molecule has 0 bridgehead atoms. The molecule has 5 heteroatoms. The number of hydrogen-bond donors (Lipinski definition) is 2. The smallest absolute Gasteiger partial charge is 0.409 e. The summed E-state index contributed by atoms with van der Waals surface area (Å²) in [5.41, 5.74) is 2.74. The van der Waals surface area contributed by atoms with Crippen molar-refractivity contribution >= 4 is 33.5 Å². The average Bonchev–Trinajstić information content (AvgIpc) is 2.79. The van der Waals surface area contributed by atoms with Gasteiger partial charge in [-0.1, -0.05) is 36.4 Å². The summed E-state index contributed by atoms with van der Waals surface area (Å²) < 4.78 is 0. The number of hydrogen-bond acceptors (Lipinski definition) is 3. The number of fused-ring (bicyclic) bond motifs is 2. The van der Waals surface area contributed by atoms with Gasteiger partial charge in [0.1, 0.15) is 0 Å². The van der Waals surface area contributed by atoms with Crippen molar-refractivity contribution in [2.45, 2.75) is 0 Å². The normalized spacial score (nSPS) is 10.8. The molecule has 1 aromatic heterocycles. The zero-order valence-corrected chi connectivity index (χ0v) is 13.6. The topological polar surface area (TPSA) is 79.3 Å². The second-order valence-corrected chi connectivity index (χ2v) is 5.92. The van der Waals surface area contributed by atoms with Crippen LogP contribution >= 0.6 is 0 Å². The fourth-order valence-electron chi connectivity index (χ4n) is 3.00. The molecule has 0 atom stereocenters. The van der Waals surface area contributed by atoms with Gasteiger partial charge in [0.15, 0.2) is 5.43 Å². The summed E-state index contributed by atoms with van der Waals surface area (Å²) in [4.78, 5) is 28.3. The zero-order chi connectivity index (χ0) is 18.1. The first-order chi connectivity index (χ1) is 12.6. The first-order valence-corrected chi connectivity index (χ1v) is 8.04. The van der Waals surface area contributed by atoms with Gasteiger partial charge in [0.05, 0.1) is 5.52 Å². The Balaban J connectivity index is 1.96. The lowest BCUT2D eigenvalue weighted by Gasteiger charge is -2.02. The van der Waals surface area contributed by atoms with E-state index in [0.717, 1.165) is 11.1 Å². The number of nitrogens with zero attached hydrogens (tertiary/aromatic N) is 1. The Labute approximate surface area is 148 Å². The van der Waals surface area contributed by atoms with Crippen LogP contribution in [0.1, 0.15) is 0 Å². The SMILES string of the molecule is O=C(O)Nc1ccc2c(=O)c3cc(-c4ccccc4)cnc3ccc2c1. The summed E-state index contributed by atoms with van der Waals surface area (Å²) in [7, 11) is 0. The first-order valence-electron chi connectivity index (χ1n) is 8.04. The van der Waals surface area contributed by atoms with E-state index in [1.807, 2.05) is 36.4 Å². The molecule has 0 radical (unpaired) electrons. The van der Waals surface area contributed by atoms with Gasteiger partial charge in [-0.25, -0.2) is 4.79 Å². The second kappa shape index (κ2) is 6.29. The lowest BCUT2D eigenvalue weighted by atomic mass is 10.1. The van der Waals surface area contributed by atoms with Crippen LogP contribution in [-0.4, -0.2) is 16.2 Å². The molecule has 126 valence electrons. The van der Waals surface area contributed by atoms with Gasteiger partial charge in [-0.2, -0.15) is 0 Å². The number of aromatic nitrogens is 1. The van der Waals surface area contributed by atoms with Crippen LogP contribution in [0.4, 0.5) is 10.5 Å². The quantitative estimate of drug-likeness (QED) is 0.562. The molecule has 1 amide bonds. The molecular weight excluding hydrogens is 328 g/mol. The standard InChI is InChI=1S/C21H14N2O3/c24-20-17-8-7-16(23-21(25)26)10-14(17)6-9-19-18(20)11-15(12-22-19)13-4-2-1-3-5-13/h1-12,23H,(H,25,26). The molecule has 0 spiro atoms. The summed E-state index contributed by atoms with van der Waals surface area (Å²) in [5.74, 6) is 0. The van der Waals surface area contributed by atoms with Gasteiger partial charge in [0.2, 0.25) is 0 Å². The highest BCUT2D eigenvalue weighted by atomic mass is 16.4. The van der Waals surface area contributed by atoms with E-state index >= 15 is 0 Å². The molecule has 2 N–H and O–H groups in total. The van der Waals surface area contributed by atoms with Crippen LogP contribution in [0.5, 0.6) is 0 Å². The van der Waals surface area contributed by atoms with Crippen LogP contribution in [0.2, 0.25) is 0 Å². The van der Waals surface area contributed by atoms with Crippen LogP contribution in [-0.2, 0) is 0 Å². The Bertz CT molecular complexity index is 1200. The van der Waals surface area contributed by atoms with Gasteiger partial charge in [0.25, 0.3) is 0 Å². The molecule has 4 aromatic rings. The number of carbonyl (C=O) groups is 1. The van der Waals surface area contributed by atoms with Gasteiger partial charge in [-0.05, 0) is 41.3 Å². The van der Waals surface area contributed by atoms with Gasteiger partial charge >= 0.3 is 6.09 Å². The van der Waals surface area contributed by atoms with Gasteiger partial charge in [-0.15, -0.1) is 0 Å².